The summed E-state index contributed by atoms with van der Waals surface area (Å²) < 4.78 is 22.8. The number of amides is 1. The van der Waals surface area contributed by atoms with E-state index in [0.29, 0.717) is 24.6 Å². The van der Waals surface area contributed by atoms with Gasteiger partial charge in [0.25, 0.3) is 5.91 Å². The molecule has 0 aromatic carbocycles. The zero-order valence-electron chi connectivity index (χ0n) is 11.4. The Kier molecular flexibility index (Phi) is 3.33. The maximum absolute atomic E-state index is 11.4. The van der Waals surface area contributed by atoms with Crippen LogP contribution in [0.2, 0.25) is 0 Å². The molecule has 0 radical (unpaired) electrons. The first-order valence-electron chi connectivity index (χ1n) is 6.80. The fraction of sp³-hybridized carbons (Fsp3) is 0.583. The third kappa shape index (κ3) is 2.98. The Bertz CT molecular complexity index is 686. The van der Waals surface area contributed by atoms with Crippen LogP contribution in [0.15, 0.2) is 6.07 Å². The van der Waals surface area contributed by atoms with Gasteiger partial charge in [0.2, 0.25) is 10.0 Å². The summed E-state index contributed by atoms with van der Waals surface area (Å²) in [5.74, 6) is 0.828. The molecule has 0 bridgehead atoms. The molecule has 0 spiro atoms. The number of anilines is 1. The van der Waals surface area contributed by atoms with Gasteiger partial charge in [-0.15, -0.1) is 0 Å². The second kappa shape index (κ2) is 4.92. The van der Waals surface area contributed by atoms with E-state index in [0.717, 1.165) is 12.8 Å². The molecule has 2 fully saturated rings. The van der Waals surface area contributed by atoms with Crippen molar-refractivity contribution in [2.75, 3.05) is 18.0 Å². The van der Waals surface area contributed by atoms with Crippen LogP contribution >= 0.6 is 0 Å². The molecular formula is C12H17N5O3S. The van der Waals surface area contributed by atoms with E-state index in [4.69, 9.17) is 10.9 Å². The van der Waals surface area contributed by atoms with Crippen molar-refractivity contribution in [1.82, 2.24) is 9.97 Å². The van der Waals surface area contributed by atoms with E-state index in [9.17, 15) is 13.2 Å². The molecule has 8 nitrogen and oxygen atoms in total. The minimum absolute atomic E-state index is 0.168. The second-order valence-corrected chi connectivity index (χ2v) is 7.40. The predicted octanol–water partition coefficient (Wildman–Crippen LogP) is -0.680. The molecule has 1 aromatic heterocycles. The number of carbonyl (C=O) groups excluding carboxylic acids is 1. The SMILES string of the molecule is NC(=O)c1cc(N2CCC(S(N)(=O)=O)C2)nc(C2CC2)n1. The molecule has 1 amide bonds. The fourth-order valence-electron chi connectivity index (χ4n) is 2.47. The van der Waals surface area contributed by atoms with Crippen molar-refractivity contribution in [3.8, 4) is 0 Å². The molecule has 2 aliphatic rings. The Hall–Kier alpha value is -1.74. The summed E-state index contributed by atoms with van der Waals surface area (Å²) in [5, 5.41) is 4.58. The smallest absolute Gasteiger partial charge is 0.267 e. The van der Waals surface area contributed by atoms with Gasteiger partial charge in [-0.1, -0.05) is 0 Å². The van der Waals surface area contributed by atoms with E-state index in [2.05, 4.69) is 9.97 Å². The van der Waals surface area contributed by atoms with Crippen molar-refractivity contribution >= 4 is 21.7 Å². The molecule has 1 aromatic rings. The average Bonchev–Trinajstić information content (AvgIpc) is 3.13. The number of nitrogens with two attached hydrogens (primary N) is 2. The maximum Gasteiger partial charge on any atom is 0.267 e. The monoisotopic (exact) mass is 311 g/mol. The van der Waals surface area contributed by atoms with Crippen molar-refractivity contribution in [2.45, 2.75) is 30.4 Å². The number of primary amides is 1. The Labute approximate surface area is 122 Å². The number of hydrogen-bond acceptors (Lipinski definition) is 6. The summed E-state index contributed by atoms with van der Waals surface area (Å²) in [6.45, 7) is 0.804. The minimum Gasteiger partial charge on any atom is -0.364 e. The largest absolute Gasteiger partial charge is 0.364 e. The summed E-state index contributed by atoms with van der Waals surface area (Å²) >= 11 is 0. The molecule has 1 aliphatic carbocycles. The lowest BCUT2D eigenvalue weighted by molar-refractivity contribution is 0.0995. The summed E-state index contributed by atoms with van der Waals surface area (Å²) in [5.41, 5.74) is 5.47. The standard InChI is InChI=1S/C12H17N5O3S/c13-11(18)9-5-10(16-12(15-9)7-1-2-7)17-4-3-8(6-17)21(14,19)20/h5,7-8H,1-4,6H2,(H2,13,18)(H2,14,19,20). The molecule has 9 heteroatoms. The van der Waals surface area contributed by atoms with E-state index in [-0.39, 0.29) is 18.2 Å². The summed E-state index contributed by atoms with van der Waals surface area (Å²) in [4.78, 5) is 21.8. The summed E-state index contributed by atoms with van der Waals surface area (Å²) in [6, 6.07) is 1.51. The number of hydrogen-bond donors (Lipinski definition) is 2. The molecule has 21 heavy (non-hydrogen) atoms. The van der Waals surface area contributed by atoms with E-state index in [1.165, 1.54) is 6.07 Å². The topological polar surface area (TPSA) is 132 Å². The molecule has 3 rings (SSSR count). The summed E-state index contributed by atoms with van der Waals surface area (Å²) in [7, 11) is -3.56. The first-order chi connectivity index (χ1) is 9.84. The third-order valence-corrected chi connectivity index (χ3v) is 5.17. The van der Waals surface area contributed by atoms with Crippen LogP contribution in [0.1, 0.15) is 41.5 Å². The van der Waals surface area contributed by atoms with Crippen molar-refractivity contribution < 1.29 is 13.2 Å². The highest BCUT2D eigenvalue weighted by Gasteiger charge is 2.33. The first-order valence-corrected chi connectivity index (χ1v) is 8.41. The zero-order valence-corrected chi connectivity index (χ0v) is 12.2. The number of sulfonamides is 1. The van der Waals surface area contributed by atoms with Crippen LogP contribution in [-0.2, 0) is 10.0 Å². The average molecular weight is 311 g/mol. The number of nitrogens with zero attached hydrogens (tertiary/aromatic N) is 3. The lowest BCUT2D eigenvalue weighted by Crippen LogP contribution is -2.32. The Balaban J connectivity index is 1.90. The predicted molar refractivity (Wildman–Crippen MR) is 76.3 cm³/mol. The van der Waals surface area contributed by atoms with E-state index in [1.807, 2.05) is 4.90 Å². The molecule has 1 unspecified atom stereocenters. The first kappa shape index (κ1) is 14.2. The number of rotatable bonds is 4. The molecule has 1 saturated heterocycles. The van der Waals surface area contributed by atoms with Gasteiger partial charge < -0.3 is 10.6 Å². The third-order valence-electron chi connectivity index (χ3n) is 3.86. The lowest BCUT2D eigenvalue weighted by Gasteiger charge is -2.18. The van der Waals surface area contributed by atoms with Gasteiger partial charge in [-0.2, -0.15) is 0 Å². The zero-order chi connectivity index (χ0) is 15.2. The molecule has 1 aliphatic heterocycles. The van der Waals surface area contributed by atoms with Crippen LogP contribution in [0.4, 0.5) is 5.82 Å². The quantitative estimate of drug-likeness (QED) is 0.757. The Morgan fingerprint density at radius 2 is 2.00 bits per heavy atom. The van der Waals surface area contributed by atoms with Crippen LogP contribution < -0.4 is 15.8 Å². The maximum atomic E-state index is 11.4. The van der Waals surface area contributed by atoms with Crippen LogP contribution in [0.3, 0.4) is 0 Å². The minimum atomic E-state index is -3.56. The number of primary sulfonamides is 1. The highest BCUT2D eigenvalue weighted by atomic mass is 32.2. The highest BCUT2D eigenvalue weighted by molar-refractivity contribution is 7.89. The van der Waals surface area contributed by atoms with Gasteiger partial charge in [0.15, 0.2) is 0 Å². The van der Waals surface area contributed by atoms with Crippen molar-refractivity contribution in [3.05, 3.63) is 17.6 Å². The molecule has 1 atom stereocenters. The van der Waals surface area contributed by atoms with Crippen molar-refractivity contribution in [2.24, 2.45) is 10.9 Å². The number of aromatic nitrogens is 2. The molecule has 114 valence electrons. The van der Waals surface area contributed by atoms with Crippen LogP contribution in [0.25, 0.3) is 0 Å². The van der Waals surface area contributed by atoms with Gasteiger partial charge in [0.05, 0.1) is 5.25 Å². The number of carbonyl (C=O) groups is 1. The van der Waals surface area contributed by atoms with Crippen molar-refractivity contribution in [3.63, 3.8) is 0 Å². The van der Waals surface area contributed by atoms with Gasteiger partial charge in [0.1, 0.15) is 17.3 Å². The second-order valence-electron chi connectivity index (χ2n) is 5.55. The van der Waals surface area contributed by atoms with Gasteiger partial charge in [-0.05, 0) is 19.3 Å². The molecule has 1 saturated carbocycles. The highest BCUT2D eigenvalue weighted by Crippen LogP contribution is 2.38. The molecular weight excluding hydrogens is 294 g/mol. The van der Waals surface area contributed by atoms with E-state index in [1.54, 1.807) is 0 Å². The van der Waals surface area contributed by atoms with Crippen LogP contribution in [0.5, 0.6) is 0 Å². The van der Waals surface area contributed by atoms with Gasteiger partial charge in [-0.25, -0.2) is 23.5 Å². The van der Waals surface area contributed by atoms with E-state index >= 15 is 0 Å². The Morgan fingerprint density at radius 3 is 2.52 bits per heavy atom. The Morgan fingerprint density at radius 1 is 1.29 bits per heavy atom. The summed E-state index contributed by atoms with van der Waals surface area (Å²) in [6.07, 6.45) is 2.45. The van der Waals surface area contributed by atoms with Gasteiger partial charge >= 0.3 is 0 Å². The van der Waals surface area contributed by atoms with Crippen LogP contribution in [0, 0.1) is 0 Å². The van der Waals surface area contributed by atoms with Gasteiger partial charge in [-0.3, -0.25) is 4.79 Å². The molecule has 4 N–H and O–H groups in total. The lowest BCUT2D eigenvalue weighted by atomic mass is 10.3. The normalized spacial score (nSPS) is 22.5. The molecule has 2 heterocycles. The van der Waals surface area contributed by atoms with Crippen LogP contribution in [-0.4, -0.2) is 42.6 Å². The van der Waals surface area contributed by atoms with Gasteiger partial charge in [0, 0.05) is 25.1 Å². The van der Waals surface area contributed by atoms with E-state index < -0.39 is 21.2 Å². The fourth-order valence-corrected chi connectivity index (χ4v) is 3.29. The van der Waals surface area contributed by atoms with Crippen molar-refractivity contribution in [1.29, 1.82) is 0 Å².